The molecule has 0 aromatic rings. The van der Waals surface area contributed by atoms with Crippen molar-refractivity contribution in [2.45, 2.75) is 37.1 Å². The van der Waals surface area contributed by atoms with E-state index in [0.717, 1.165) is 6.92 Å². The van der Waals surface area contributed by atoms with Gasteiger partial charge in [-0.3, -0.25) is 9.59 Å². The number of hydrogen-bond acceptors (Lipinski definition) is 7. The van der Waals surface area contributed by atoms with Crippen molar-refractivity contribution >= 4 is 11.8 Å². The molecule has 104 valence electrons. The fraction of sp³-hybridized carbons (Fsp3) is 0.778. The molecular weight excluding hydrogens is 248 g/mol. The number of nitrogens with one attached hydrogen (secondary N) is 1. The molecule has 2 amide bonds. The summed E-state index contributed by atoms with van der Waals surface area (Å²) in [4.78, 5) is 22.4. The van der Waals surface area contributed by atoms with Crippen molar-refractivity contribution in [2.24, 2.45) is 5.73 Å². The van der Waals surface area contributed by atoms with Crippen LogP contribution in [0.3, 0.4) is 0 Å². The van der Waals surface area contributed by atoms with Gasteiger partial charge in [-0.15, -0.1) is 0 Å². The second-order valence-electron chi connectivity index (χ2n) is 4.05. The SMILES string of the molecule is CC(=O)N[C@]1(C(N)=O)O[C@H](CO)[C@@H](O)[C@H](O)[C@H]1O. The van der Waals surface area contributed by atoms with E-state index in [1.54, 1.807) is 0 Å². The van der Waals surface area contributed by atoms with Gasteiger partial charge in [-0.25, -0.2) is 0 Å². The lowest BCUT2D eigenvalue weighted by molar-refractivity contribution is -0.272. The van der Waals surface area contributed by atoms with Gasteiger partial charge in [0.05, 0.1) is 6.61 Å². The fourth-order valence-electron chi connectivity index (χ4n) is 1.80. The van der Waals surface area contributed by atoms with Crippen LogP contribution in [0.15, 0.2) is 0 Å². The van der Waals surface area contributed by atoms with Crippen LogP contribution in [0.1, 0.15) is 6.92 Å². The monoisotopic (exact) mass is 264 g/mol. The first-order valence-electron chi connectivity index (χ1n) is 5.17. The molecule has 0 aromatic heterocycles. The molecule has 18 heavy (non-hydrogen) atoms. The van der Waals surface area contributed by atoms with Crippen LogP contribution in [0.2, 0.25) is 0 Å². The summed E-state index contributed by atoms with van der Waals surface area (Å²) in [6, 6.07) is 0. The summed E-state index contributed by atoms with van der Waals surface area (Å²) in [5.74, 6) is -2.00. The Labute approximate surface area is 102 Å². The summed E-state index contributed by atoms with van der Waals surface area (Å²) >= 11 is 0. The van der Waals surface area contributed by atoms with Crippen molar-refractivity contribution in [3.05, 3.63) is 0 Å². The number of rotatable bonds is 3. The van der Waals surface area contributed by atoms with Gasteiger partial charge in [-0.2, -0.15) is 0 Å². The zero-order chi connectivity index (χ0) is 14.1. The molecule has 5 atom stereocenters. The third-order valence-corrected chi connectivity index (χ3v) is 2.72. The minimum Gasteiger partial charge on any atom is -0.394 e. The molecule has 0 spiro atoms. The van der Waals surface area contributed by atoms with E-state index in [1.165, 1.54) is 0 Å². The summed E-state index contributed by atoms with van der Waals surface area (Å²) in [7, 11) is 0. The molecule has 0 unspecified atom stereocenters. The number of nitrogens with two attached hydrogens (primary N) is 1. The van der Waals surface area contributed by atoms with Gasteiger partial charge in [0.1, 0.15) is 24.4 Å². The molecule has 1 aliphatic heterocycles. The summed E-state index contributed by atoms with van der Waals surface area (Å²) in [6.07, 6.45) is -6.76. The molecule has 1 heterocycles. The van der Waals surface area contributed by atoms with Crippen molar-refractivity contribution in [2.75, 3.05) is 6.61 Å². The number of ether oxygens (including phenoxy) is 1. The van der Waals surface area contributed by atoms with Gasteiger partial charge in [0.25, 0.3) is 11.6 Å². The highest BCUT2D eigenvalue weighted by molar-refractivity contribution is 5.89. The third-order valence-electron chi connectivity index (χ3n) is 2.72. The quantitative estimate of drug-likeness (QED) is 0.301. The van der Waals surface area contributed by atoms with E-state index in [0.29, 0.717) is 0 Å². The maximum atomic E-state index is 11.4. The first kappa shape index (κ1) is 14.8. The number of aliphatic hydroxyl groups is 4. The molecule has 9 nitrogen and oxygen atoms in total. The van der Waals surface area contributed by atoms with E-state index in [4.69, 9.17) is 15.6 Å². The summed E-state index contributed by atoms with van der Waals surface area (Å²) < 4.78 is 4.97. The van der Waals surface area contributed by atoms with Gasteiger partial charge in [-0.1, -0.05) is 0 Å². The lowest BCUT2D eigenvalue weighted by Gasteiger charge is -2.46. The van der Waals surface area contributed by atoms with Crippen LogP contribution in [-0.4, -0.2) is 69.0 Å². The van der Waals surface area contributed by atoms with Crippen molar-refractivity contribution < 1.29 is 34.8 Å². The van der Waals surface area contributed by atoms with Crippen LogP contribution in [0.4, 0.5) is 0 Å². The molecule has 0 aromatic carbocycles. The predicted octanol–water partition coefficient (Wildman–Crippen LogP) is -4.22. The molecular formula is C9H16N2O7. The van der Waals surface area contributed by atoms with Crippen molar-refractivity contribution in [3.8, 4) is 0 Å². The lowest BCUT2D eigenvalue weighted by Crippen LogP contribution is -2.75. The minimum absolute atomic E-state index is 0.737. The topological polar surface area (TPSA) is 162 Å². The highest BCUT2D eigenvalue weighted by atomic mass is 16.6. The van der Waals surface area contributed by atoms with Gasteiger partial charge in [0.2, 0.25) is 5.91 Å². The molecule has 1 aliphatic rings. The first-order valence-corrected chi connectivity index (χ1v) is 5.17. The van der Waals surface area contributed by atoms with Crippen LogP contribution >= 0.6 is 0 Å². The number of carbonyl (C=O) groups is 2. The van der Waals surface area contributed by atoms with Crippen LogP contribution in [0.25, 0.3) is 0 Å². The summed E-state index contributed by atoms with van der Waals surface area (Å²) in [6.45, 7) is 0.311. The second kappa shape index (κ2) is 5.16. The van der Waals surface area contributed by atoms with Crippen LogP contribution in [0, 0.1) is 0 Å². The Morgan fingerprint density at radius 1 is 1.33 bits per heavy atom. The van der Waals surface area contributed by atoms with Crippen LogP contribution < -0.4 is 11.1 Å². The number of carbonyl (C=O) groups excluding carboxylic acids is 2. The van der Waals surface area contributed by atoms with E-state index in [9.17, 15) is 24.9 Å². The Morgan fingerprint density at radius 3 is 2.28 bits per heavy atom. The van der Waals surface area contributed by atoms with Crippen molar-refractivity contribution in [3.63, 3.8) is 0 Å². The maximum absolute atomic E-state index is 11.4. The molecule has 7 N–H and O–H groups in total. The Balaban J connectivity index is 3.15. The van der Waals surface area contributed by atoms with Crippen LogP contribution in [-0.2, 0) is 14.3 Å². The van der Waals surface area contributed by atoms with Crippen LogP contribution in [0.5, 0.6) is 0 Å². The Morgan fingerprint density at radius 2 is 1.89 bits per heavy atom. The molecule has 1 rings (SSSR count). The number of primary amides is 1. The number of aliphatic hydroxyl groups excluding tert-OH is 4. The van der Waals surface area contributed by atoms with Crippen molar-refractivity contribution in [1.82, 2.24) is 5.32 Å². The maximum Gasteiger partial charge on any atom is 0.273 e. The average molecular weight is 264 g/mol. The van der Waals surface area contributed by atoms with Gasteiger partial charge >= 0.3 is 0 Å². The van der Waals surface area contributed by atoms with Gasteiger partial charge in [-0.05, 0) is 0 Å². The highest BCUT2D eigenvalue weighted by Crippen LogP contribution is 2.28. The van der Waals surface area contributed by atoms with Gasteiger partial charge in [0, 0.05) is 6.92 Å². The fourth-order valence-corrected chi connectivity index (χ4v) is 1.80. The zero-order valence-electron chi connectivity index (χ0n) is 9.61. The molecule has 1 saturated heterocycles. The predicted molar refractivity (Wildman–Crippen MR) is 55.7 cm³/mol. The standard InChI is InChI=1S/C9H16N2O7/c1-3(13)11-9(8(10)17)7(16)6(15)5(14)4(2-12)18-9/h4-7,12,14-16H,2H2,1H3,(H2,10,17)(H,11,13)/t4-,5-,6+,7-,9+/m1/s1. The third kappa shape index (κ3) is 2.31. The molecule has 0 saturated carbocycles. The molecule has 0 aliphatic carbocycles. The Hall–Kier alpha value is -1.26. The first-order chi connectivity index (χ1) is 8.26. The molecule has 1 fully saturated rings. The van der Waals surface area contributed by atoms with Gasteiger partial charge < -0.3 is 36.2 Å². The van der Waals surface area contributed by atoms with Gasteiger partial charge in [0.15, 0.2) is 0 Å². The molecule has 9 heteroatoms. The highest BCUT2D eigenvalue weighted by Gasteiger charge is 2.57. The lowest BCUT2D eigenvalue weighted by atomic mass is 9.90. The van der Waals surface area contributed by atoms with Crippen molar-refractivity contribution in [1.29, 1.82) is 0 Å². The van der Waals surface area contributed by atoms with E-state index in [2.05, 4.69) is 0 Å². The Kier molecular flexibility index (Phi) is 4.24. The molecule has 0 radical (unpaired) electrons. The second-order valence-corrected chi connectivity index (χ2v) is 4.05. The van der Waals surface area contributed by atoms with E-state index in [1.807, 2.05) is 5.32 Å². The smallest absolute Gasteiger partial charge is 0.273 e. The average Bonchev–Trinajstić information content (AvgIpc) is 2.29. The van der Waals surface area contributed by atoms with E-state index in [-0.39, 0.29) is 0 Å². The minimum atomic E-state index is -2.39. The zero-order valence-corrected chi connectivity index (χ0v) is 9.61. The number of hydrogen-bond donors (Lipinski definition) is 6. The molecule has 0 bridgehead atoms. The van der Waals surface area contributed by atoms with E-state index >= 15 is 0 Å². The largest absolute Gasteiger partial charge is 0.394 e. The summed E-state index contributed by atoms with van der Waals surface area (Å²) in [5.41, 5.74) is 2.66. The number of amides is 2. The normalized spacial score (nSPS) is 40.3. The summed E-state index contributed by atoms with van der Waals surface area (Å²) in [5, 5.41) is 39.8. The van der Waals surface area contributed by atoms with E-state index < -0.39 is 48.6 Å². The Bertz CT molecular complexity index is 348.